The highest BCUT2D eigenvalue weighted by Gasteiger charge is 2.22. The van der Waals surface area contributed by atoms with Gasteiger partial charge in [0.05, 0.1) is 5.92 Å². The number of nitrogens with one attached hydrogen (secondary N) is 1. The third-order valence-corrected chi connectivity index (χ3v) is 6.46. The molecule has 3 nitrogen and oxygen atoms in total. The summed E-state index contributed by atoms with van der Waals surface area (Å²) in [6.45, 7) is 15.6. The van der Waals surface area contributed by atoms with Crippen molar-refractivity contribution in [2.45, 2.75) is 52.9 Å². The van der Waals surface area contributed by atoms with E-state index in [4.69, 9.17) is 9.73 Å². The maximum absolute atomic E-state index is 5.49. The highest BCUT2D eigenvalue weighted by atomic mass is 16.5. The molecule has 1 heterocycles. The minimum atomic E-state index is 0.0919. The van der Waals surface area contributed by atoms with Crippen LogP contribution in [0.15, 0.2) is 65.8 Å². The van der Waals surface area contributed by atoms with E-state index in [1.165, 1.54) is 22.3 Å². The second-order valence-electron chi connectivity index (χ2n) is 8.69. The van der Waals surface area contributed by atoms with Crippen LogP contribution in [0.1, 0.15) is 66.8 Å². The molecule has 1 atom stereocenters. The van der Waals surface area contributed by atoms with E-state index in [-0.39, 0.29) is 5.92 Å². The molecule has 1 saturated heterocycles. The molecule has 3 rings (SSSR count). The quantitative estimate of drug-likeness (QED) is 0.444. The topological polar surface area (TPSA) is 33.6 Å². The number of ether oxygens (including phenoxy) is 1. The van der Waals surface area contributed by atoms with Crippen LogP contribution in [-0.2, 0) is 4.74 Å². The summed E-state index contributed by atoms with van der Waals surface area (Å²) >= 11 is 0. The molecule has 1 unspecified atom stereocenters. The molecule has 170 valence electrons. The van der Waals surface area contributed by atoms with Crippen LogP contribution in [0.2, 0.25) is 0 Å². The summed E-state index contributed by atoms with van der Waals surface area (Å²) in [6, 6.07) is 15.4. The number of hydrogen-bond donors (Lipinski definition) is 1. The van der Waals surface area contributed by atoms with E-state index in [1.807, 2.05) is 13.1 Å². The van der Waals surface area contributed by atoms with Gasteiger partial charge in [0.25, 0.3) is 0 Å². The lowest BCUT2D eigenvalue weighted by atomic mass is 9.83. The van der Waals surface area contributed by atoms with Gasteiger partial charge in [-0.05, 0) is 79.8 Å². The average Bonchev–Trinajstić information content (AvgIpc) is 2.81. The maximum atomic E-state index is 5.49. The molecule has 0 aliphatic carbocycles. The minimum absolute atomic E-state index is 0.0919. The molecule has 3 heteroatoms. The first kappa shape index (κ1) is 24.0. The smallest absolute Gasteiger partial charge is 0.0512 e. The van der Waals surface area contributed by atoms with Crippen molar-refractivity contribution in [1.29, 1.82) is 0 Å². The first-order chi connectivity index (χ1) is 15.5. The Morgan fingerprint density at radius 3 is 2.66 bits per heavy atom. The molecule has 0 bridgehead atoms. The molecular weight excluding hydrogens is 392 g/mol. The number of aryl methyl sites for hydroxylation is 1. The highest BCUT2D eigenvalue weighted by Crippen LogP contribution is 2.36. The van der Waals surface area contributed by atoms with E-state index < -0.39 is 0 Å². The molecule has 1 fully saturated rings. The molecule has 1 aliphatic rings. The second-order valence-corrected chi connectivity index (χ2v) is 8.69. The molecule has 0 spiro atoms. The number of nitrogens with zero attached hydrogens (tertiary/aromatic N) is 1. The summed E-state index contributed by atoms with van der Waals surface area (Å²) in [5.74, 6) is 0.749. The van der Waals surface area contributed by atoms with Gasteiger partial charge in [0.2, 0.25) is 0 Å². The van der Waals surface area contributed by atoms with E-state index in [0.29, 0.717) is 5.92 Å². The van der Waals surface area contributed by atoms with E-state index in [2.05, 4.69) is 81.2 Å². The lowest BCUT2D eigenvalue weighted by Crippen LogP contribution is -2.26. The van der Waals surface area contributed by atoms with Crippen molar-refractivity contribution in [3.63, 3.8) is 0 Å². The number of benzene rings is 2. The number of rotatable bonds is 9. The fraction of sp³-hybridized carbons (Fsp3) is 0.414. The largest absolute Gasteiger partial charge is 0.385 e. The van der Waals surface area contributed by atoms with Crippen molar-refractivity contribution in [2.24, 2.45) is 10.9 Å². The van der Waals surface area contributed by atoms with Crippen molar-refractivity contribution in [3.8, 4) is 0 Å². The Labute approximate surface area is 194 Å². The van der Waals surface area contributed by atoms with Crippen molar-refractivity contribution in [3.05, 3.63) is 88.6 Å². The lowest BCUT2D eigenvalue weighted by Gasteiger charge is -2.24. The van der Waals surface area contributed by atoms with Crippen LogP contribution < -0.4 is 5.32 Å². The molecule has 1 aliphatic heterocycles. The van der Waals surface area contributed by atoms with Crippen molar-refractivity contribution in [1.82, 2.24) is 5.32 Å². The number of hydrogen-bond acceptors (Lipinski definition) is 3. The Balaban J connectivity index is 1.93. The Kier molecular flexibility index (Phi) is 8.87. The van der Waals surface area contributed by atoms with Crippen LogP contribution in [0.4, 0.5) is 0 Å². The van der Waals surface area contributed by atoms with Gasteiger partial charge in [-0.25, -0.2) is 0 Å². The van der Waals surface area contributed by atoms with E-state index in [0.717, 1.165) is 56.0 Å². The normalized spacial score (nSPS) is 16.3. The lowest BCUT2D eigenvalue weighted by molar-refractivity contribution is 0.0674. The maximum Gasteiger partial charge on any atom is 0.0512 e. The van der Waals surface area contributed by atoms with Gasteiger partial charge in [-0.2, -0.15) is 0 Å². The Morgan fingerprint density at radius 2 is 1.94 bits per heavy atom. The van der Waals surface area contributed by atoms with Gasteiger partial charge in [-0.15, -0.1) is 0 Å². The Hall–Kier alpha value is -2.65. The van der Waals surface area contributed by atoms with Gasteiger partial charge < -0.3 is 10.1 Å². The molecule has 32 heavy (non-hydrogen) atoms. The number of aliphatic imine (C=N–C) groups is 1. The van der Waals surface area contributed by atoms with E-state index in [9.17, 15) is 0 Å². The third kappa shape index (κ3) is 5.98. The molecule has 2 aromatic rings. The summed E-state index contributed by atoms with van der Waals surface area (Å²) in [5.41, 5.74) is 8.42. The summed E-state index contributed by atoms with van der Waals surface area (Å²) in [7, 11) is 0. The van der Waals surface area contributed by atoms with Gasteiger partial charge >= 0.3 is 0 Å². The van der Waals surface area contributed by atoms with Gasteiger partial charge in [-0.1, -0.05) is 56.0 Å². The fourth-order valence-electron chi connectivity index (χ4n) is 4.43. The van der Waals surface area contributed by atoms with Crippen LogP contribution in [-0.4, -0.2) is 26.0 Å². The van der Waals surface area contributed by atoms with Crippen molar-refractivity contribution < 1.29 is 4.74 Å². The van der Waals surface area contributed by atoms with Crippen molar-refractivity contribution >= 4 is 11.9 Å². The molecule has 0 radical (unpaired) electrons. The Bertz CT molecular complexity index is 967. The zero-order valence-corrected chi connectivity index (χ0v) is 20.2. The van der Waals surface area contributed by atoms with Gasteiger partial charge in [0, 0.05) is 37.4 Å². The van der Waals surface area contributed by atoms with Crippen LogP contribution in [0, 0.1) is 19.8 Å². The van der Waals surface area contributed by atoms with Crippen LogP contribution in [0.5, 0.6) is 0 Å². The molecule has 1 N–H and O–H groups in total. The zero-order chi connectivity index (χ0) is 22.9. The minimum Gasteiger partial charge on any atom is -0.385 e. The third-order valence-electron chi connectivity index (χ3n) is 6.46. The van der Waals surface area contributed by atoms with Gasteiger partial charge in [0.15, 0.2) is 0 Å². The number of allylic oxidation sites excluding steroid dienone is 2. The monoisotopic (exact) mass is 430 g/mol. The van der Waals surface area contributed by atoms with Gasteiger partial charge in [-0.3, -0.25) is 4.99 Å². The predicted octanol–water partition coefficient (Wildman–Crippen LogP) is 6.81. The summed E-state index contributed by atoms with van der Waals surface area (Å²) in [5, 5.41) is 3.58. The molecule has 0 aromatic heterocycles. The summed E-state index contributed by atoms with van der Waals surface area (Å²) in [4.78, 5) is 4.80. The van der Waals surface area contributed by atoms with E-state index in [1.54, 1.807) is 0 Å². The van der Waals surface area contributed by atoms with Gasteiger partial charge in [0.1, 0.15) is 0 Å². The SMILES string of the molecule is C=C(NCC1CCOCC1)c1cccc(C(/C(=C/CC)N=CC)c2cccc(C)c2C)c1. The van der Waals surface area contributed by atoms with Crippen LogP contribution in [0.25, 0.3) is 5.70 Å². The standard InChI is InChI=1S/C29H38N2O/c1-6-10-28(30-7-2)29(27-14-8-11-21(3)22(27)4)26-13-9-12-25(19-26)23(5)31-20-24-15-17-32-18-16-24/h7-14,19,24,29,31H,5-6,15-18,20H2,1-4H3/b28-10-,30-7?. The zero-order valence-electron chi connectivity index (χ0n) is 20.2. The molecule has 0 saturated carbocycles. The predicted molar refractivity (Wildman–Crippen MR) is 137 cm³/mol. The van der Waals surface area contributed by atoms with Crippen LogP contribution in [0.3, 0.4) is 0 Å². The molecule has 0 amide bonds. The van der Waals surface area contributed by atoms with Crippen LogP contribution >= 0.6 is 0 Å². The first-order valence-electron chi connectivity index (χ1n) is 11.9. The summed E-state index contributed by atoms with van der Waals surface area (Å²) in [6.07, 6.45) is 7.34. The fourth-order valence-corrected chi connectivity index (χ4v) is 4.43. The molecular formula is C29H38N2O. The summed E-state index contributed by atoms with van der Waals surface area (Å²) < 4.78 is 5.49. The Morgan fingerprint density at radius 1 is 1.19 bits per heavy atom. The highest BCUT2D eigenvalue weighted by molar-refractivity contribution is 5.64. The second kappa shape index (κ2) is 11.8. The average molecular weight is 431 g/mol. The van der Waals surface area contributed by atoms with Crippen molar-refractivity contribution in [2.75, 3.05) is 19.8 Å². The molecule has 2 aromatic carbocycles. The first-order valence-corrected chi connectivity index (χ1v) is 11.9. The van der Waals surface area contributed by atoms with E-state index >= 15 is 0 Å².